The molecular weight excluding hydrogens is 282 g/mol. The molecule has 0 radical (unpaired) electrons. The molecule has 0 unspecified atom stereocenters. The lowest BCUT2D eigenvalue weighted by atomic mass is 10.1. The number of benzene rings is 1. The molecule has 0 spiro atoms. The van der Waals surface area contributed by atoms with Crippen LogP contribution in [0.15, 0.2) is 28.7 Å². The van der Waals surface area contributed by atoms with Gasteiger partial charge in [-0.3, -0.25) is 4.68 Å². The molecule has 0 fully saturated rings. The van der Waals surface area contributed by atoms with E-state index in [0.717, 1.165) is 27.2 Å². The van der Waals surface area contributed by atoms with Gasteiger partial charge in [0.2, 0.25) is 0 Å². The van der Waals surface area contributed by atoms with Crippen LogP contribution >= 0.6 is 15.9 Å². The summed E-state index contributed by atoms with van der Waals surface area (Å²) in [5.74, 6) is 0.833. The predicted molar refractivity (Wildman–Crippen MR) is 70.8 cm³/mol. The number of hydrogen-bond donors (Lipinski definition) is 1. The summed E-state index contributed by atoms with van der Waals surface area (Å²) in [4.78, 5) is 0. The first-order valence-corrected chi connectivity index (χ1v) is 6.02. The Kier molecular flexibility index (Phi) is 3.49. The van der Waals surface area contributed by atoms with Crippen LogP contribution in [-0.2, 0) is 13.6 Å². The average molecular weight is 296 g/mol. The SMILES string of the molecule is COc1ccc(-c2nn(C)c(CN)c2Br)cc1. The normalized spacial score (nSPS) is 10.6. The lowest BCUT2D eigenvalue weighted by molar-refractivity contribution is 0.415. The van der Waals surface area contributed by atoms with E-state index >= 15 is 0 Å². The summed E-state index contributed by atoms with van der Waals surface area (Å²) in [6.45, 7) is 0.459. The summed E-state index contributed by atoms with van der Waals surface area (Å²) in [6, 6.07) is 7.79. The minimum absolute atomic E-state index is 0.459. The second kappa shape index (κ2) is 4.89. The largest absolute Gasteiger partial charge is 0.497 e. The zero-order valence-electron chi connectivity index (χ0n) is 9.77. The maximum absolute atomic E-state index is 5.68. The third kappa shape index (κ3) is 2.21. The maximum atomic E-state index is 5.68. The van der Waals surface area contributed by atoms with Crippen molar-refractivity contribution < 1.29 is 4.74 Å². The molecular formula is C12H14BrN3O. The van der Waals surface area contributed by atoms with Crippen LogP contribution in [0.25, 0.3) is 11.3 Å². The molecule has 90 valence electrons. The van der Waals surface area contributed by atoms with E-state index in [-0.39, 0.29) is 0 Å². The van der Waals surface area contributed by atoms with Gasteiger partial charge in [-0.2, -0.15) is 5.10 Å². The number of aryl methyl sites for hydroxylation is 1. The summed E-state index contributed by atoms with van der Waals surface area (Å²) >= 11 is 3.54. The number of nitrogens with two attached hydrogens (primary N) is 1. The van der Waals surface area contributed by atoms with Crippen molar-refractivity contribution >= 4 is 15.9 Å². The summed E-state index contributed by atoms with van der Waals surface area (Å²) in [5, 5.41) is 4.46. The standard InChI is InChI=1S/C12H14BrN3O/c1-16-10(7-14)11(13)12(15-16)8-3-5-9(17-2)6-4-8/h3-6H,7,14H2,1-2H3. The maximum Gasteiger partial charge on any atom is 0.118 e. The smallest absolute Gasteiger partial charge is 0.118 e. The zero-order valence-corrected chi connectivity index (χ0v) is 11.4. The number of halogens is 1. The molecule has 2 aromatic rings. The summed E-state index contributed by atoms with van der Waals surface area (Å²) in [7, 11) is 3.54. The Morgan fingerprint density at radius 2 is 2.00 bits per heavy atom. The van der Waals surface area contributed by atoms with E-state index in [4.69, 9.17) is 10.5 Å². The van der Waals surface area contributed by atoms with Crippen molar-refractivity contribution in [1.29, 1.82) is 0 Å². The van der Waals surface area contributed by atoms with E-state index < -0.39 is 0 Å². The van der Waals surface area contributed by atoms with Gasteiger partial charge < -0.3 is 10.5 Å². The number of hydrogen-bond acceptors (Lipinski definition) is 3. The lowest BCUT2D eigenvalue weighted by Gasteiger charge is -2.01. The minimum atomic E-state index is 0.459. The van der Waals surface area contributed by atoms with Crippen molar-refractivity contribution in [1.82, 2.24) is 9.78 Å². The zero-order chi connectivity index (χ0) is 12.4. The van der Waals surface area contributed by atoms with Gasteiger partial charge in [-0.15, -0.1) is 0 Å². The molecule has 0 aliphatic heterocycles. The van der Waals surface area contributed by atoms with Crippen molar-refractivity contribution in [3.8, 4) is 17.0 Å². The number of ether oxygens (including phenoxy) is 1. The summed E-state index contributed by atoms with van der Waals surface area (Å²) in [5.41, 5.74) is 8.59. The second-order valence-corrected chi connectivity index (χ2v) is 4.46. The third-order valence-corrected chi connectivity index (χ3v) is 3.49. The quantitative estimate of drug-likeness (QED) is 0.945. The lowest BCUT2D eigenvalue weighted by Crippen LogP contribution is -2.04. The summed E-state index contributed by atoms with van der Waals surface area (Å²) < 4.78 is 7.87. The molecule has 2 N–H and O–H groups in total. The van der Waals surface area contributed by atoms with Crippen LogP contribution in [0, 0.1) is 0 Å². The van der Waals surface area contributed by atoms with E-state index in [1.807, 2.05) is 31.3 Å². The number of nitrogens with zero attached hydrogens (tertiary/aromatic N) is 2. The van der Waals surface area contributed by atoms with Crippen molar-refractivity contribution in [2.24, 2.45) is 12.8 Å². The van der Waals surface area contributed by atoms with E-state index in [9.17, 15) is 0 Å². The van der Waals surface area contributed by atoms with Crippen molar-refractivity contribution in [3.05, 3.63) is 34.4 Å². The van der Waals surface area contributed by atoms with Gasteiger partial charge in [-0.25, -0.2) is 0 Å². The first-order valence-electron chi connectivity index (χ1n) is 5.23. The van der Waals surface area contributed by atoms with Gasteiger partial charge in [0.05, 0.1) is 17.3 Å². The molecule has 0 saturated heterocycles. The van der Waals surface area contributed by atoms with Crippen LogP contribution in [0.5, 0.6) is 5.75 Å². The molecule has 4 nitrogen and oxygen atoms in total. The topological polar surface area (TPSA) is 53.1 Å². The van der Waals surface area contributed by atoms with Crippen molar-refractivity contribution in [2.75, 3.05) is 7.11 Å². The Balaban J connectivity index is 2.45. The van der Waals surface area contributed by atoms with Gasteiger partial charge in [-0.1, -0.05) is 0 Å². The molecule has 1 aromatic carbocycles. The minimum Gasteiger partial charge on any atom is -0.497 e. The Labute approximate surface area is 109 Å². The molecule has 0 saturated carbocycles. The Morgan fingerprint density at radius 3 is 2.47 bits per heavy atom. The van der Waals surface area contributed by atoms with Crippen LogP contribution in [0.4, 0.5) is 0 Å². The number of rotatable bonds is 3. The Hall–Kier alpha value is -1.33. The van der Waals surface area contributed by atoms with Crippen LogP contribution in [-0.4, -0.2) is 16.9 Å². The van der Waals surface area contributed by atoms with Gasteiger partial charge in [0.1, 0.15) is 11.4 Å². The second-order valence-electron chi connectivity index (χ2n) is 3.67. The summed E-state index contributed by atoms with van der Waals surface area (Å²) in [6.07, 6.45) is 0. The number of methoxy groups -OCH3 is 1. The molecule has 1 heterocycles. The van der Waals surface area contributed by atoms with E-state index in [1.165, 1.54) is 0 Å². The van der Waals surface area contributed by atoms with Gasteiger partial charge in [0, 0.05) is 19.2 Å². The fraction of sp³-hybridized carbons (Fsp3) is 0.250. The highest BCUT2D eigenvalue weighted by molar-refractivity contribution is 9.10. The molecule has 0 atom stereocenters. The van der Waals surface area contributed by atoms with Crippen LogP contribution in [0.1, 0.15) is 5.69 Å². The molecule has 0 amide bonds. The van der Waals surface area contributed by atoms with Crippen LogP contribution in [0.2, 0.25) is 0 Å². The first-order chi connectivity index (χ1) is 8.17. The molecule has 17 heavy (non-hydrogen) atoms. The van der Waals surface area contributed by atoms with E-state index in [0.29, 0.717) is 6.54 Å². The van der Waals surface area contributed by atoms with Crippen molar-refractivity contribution in [2.45, 2.75) is 6.54 Å². The van der Waals surface area contributed by atoms with Gasteiger partial charge in [0.15, 0.2) is 0 Å². The molecule has 0 aliphatic carbocycles. The monoisotopic (exact) mass is 295 g/mol. The van der Waals surface area contributed by atoms with Gasteiger partial charge >= 0.3 is 0 Å². The average Bonchev–Trinajstić information content (AvgIpc) is 2.64. The highest BCUT2D eigenvalue weighted by atomic mass is 79.9. The Morgan fingerprint density at radius 1 is 1.35 bits per heavy atom. The van der Waals surface area contributed by atoms with E-state index in [2.05, 4.69) is 21.0 Å². The molecule has 0 bridgehead atoms. The molecule has 2 rings (SSSR count). The van der Waals surface area contributed by atoms with Crippen molar-refractivity contribution in [3.63, 3.8) is 0 Å². The highest BCUT2D eigenvalue weighted by Crippen LogP contribution is 2.30. The fourth-order valence-corrected chi connectivity index (χ4v) is 2.41. The van der Waals surface area contributed by atoms with Gasteiger partial charge in [-0.05, 0) is 40.2 Å². The van der Waals surface area contributed by atoms with E-state index in [1.54, 1.807) is 11.8 Å². The molecule has 1 aromatic heterocycles. The van der Waals surface area contributed by atoms with Crippen LogP contribution < -0.4 is 10.5 Å². The molecule has 5 heteroatoms. The third-order valence-electron chi connectivity index (χ3n) is 2.66. The first kappa shape index (κ1) is 12.1. The fourth-order valence-electron chi connectivity index (χ4n) is 1.69. The van der Waals surface area contributed by atoms with Crippen LogP contribution in [0.3, 0.4) is 0 Å². The Bertz CT molecular complexity index is 519. The predicted octanol–water partition coefficient (Wildman–Crippen LogP) is 2.32. The molecule has 0 aliphatic rings. The number of aromatic nitrogens is 2. The highest BCUT2D eigenvalue weighted by Gasteiger charge is 2.13. The van der Waals surface area contributed by atoms with Gasteiger partial charge in [0.25, 0.3) is 0 Å².